The number of nitrogens with zero attached hydrogens (tertiary/aromatic N) is 2. The Morgan fingerprint density at radius 2 is 2.07 bits per heavy atom. The first kappa shape index (κ1) is 30.0. The molecule has 0 radical (unpaired) electrons. The number of hydrogen-bond acceptors (Lipinski definition) is 7. The number of methoxy groups -OCH3 is 1. The van der Waals surface area contributed by atoms with Crippen molar-refractivity contribution in [1.82, 2.24) is 20.2 Å². The van der Waals surface area contributed by atoms with Crippen LogP contribution in [0, 0.1) is 11.8 Å². The Kier molecular flexibility index (Phi) is 9.18. The number of aliphatic hydroxyl groups excluding tert-OH is 1. The Hall–Kier alpha value is -3.43. The van der Waals surface area contributed by atoms with Crippen molar-refractivity contribution in [3.8, 4) is 17.6 Å². The minimum atomic E-state index is -4.36. The summed E-state index contributed by atoms with van der Waals surface area (Å²) in [7, 11) is 1.46. The summed E-state index contributed by atoms with van der Waals surface area (Å²) in [5.74, 6) is 6.44. The van der Waals surface area contributed by atoms with Gasteiger partial charge < -0.3 is 5.11 Å². The molecular weight excluding hydrogens is 616 g/mol. The van der Waals surface area contributed by atoms with E-state index in [2.05, 4.69) is 38.2 Å². The van der Waals surface area contributed by atoms with E-state index in [-0.39, 0.29) is 35.2 Å². The quantitative estimate of drug-likeness (QED) is 0.179. The van der Waals surface area contributed by atoms with Crippen molar-refractivity contribution >= 4 is 42.3 Å². The zero-order chi connectivity index (χ0) is 29.9. The van der Waals surface area contributed by atoms with Crippen LogP contribution in [0.5, 0.6) is 5.75 Å². The van der Waals surface area contributed by atoms with E-state index in [0.29, 0.717) is 40.4 Å². The zero-order valence-corrected chi connectivity index (χ0v) is 24.9. The summed E-state index contributed by atoms with van der Waals surface area (Å²) < 4.78 is 47.9. The molecule has 2 saturated heterocycles. The van der Waals surface area contributed by atoms with E-state index in [1.807, 2.05) is 6.07 Å². The number of alkyl halides is 3. The van der Waals surface area contributed by atoms with Crippen molar-refractivity contribution < 1.29 is 27.8 Å². The first-order valence-corrected chi connectivity index (χ1v) is 15.5. The van der Waals surface area contributed by atoms with Gasteiger partial charge in [-0.3, -0.25) is 0 Å². The second-order valence-corrected chi connectivity index (χ2v) is 12.7. The van der Waals surface area contributed by atoms with Crippen LogP contribution in [-0.2, 0) is 0 Å². The Morgan fingerprint density at radius 1 is 1.26 bits per heavy atom. The molecule has 2 aliphatic heterocycles. The molecular formula is C29H33F3N6O3Se. The van der Waals surface area contributed by atoms with E-state index in [9.17, 15) is 23.1 Å². The number of aromatic nitrogens is 2. The summed E-state index contributed by atoms with van der Waals surface area (Å²) in [5, 5.41) is 22.4. The van der Waals surface area contributed by atoms with Crippen molar-refractivity contribution in [1.29, 1.82) is 0 Å². The van der Waals surface area contributed by atoms with E-state index in [0.717, 1.165) is 25.7 Å². The number of halogens is 3. The van der Waals surface area contributed by atoms with Gasteiger partial charge in [-0.2, -0.15) is 0 Å². The van der Waals surface area contributed by atoms with Gasteiger partial charge in [0.25, 0.3) is 0 Å². The van der Waals surface area contributed by atoms with Gasteiger partial charge in [0.05, 0.1) is 6.10 Å². The van der Waals surface area contributed by atoms with Crippen molar-refractivity contribution in [3.05, 3.63) is 47.7 Å². The predicted octanol–water partition coefficient (Wildman–Crippen LogP) is 2.46. The molecule has 0 aliphatic carbocycles. The zero-order valence-electron chi connectivity index (χ0n) is 23.2. The monoisotopic (exact) mass is 650 g/mol. The number of nitrogens with one attached hydrogen (secondary N) is 4. The molecule has 2 fully saturated rings. The van der Waals surface area contributed by atoms with Gasteiger partial charge in [-0.25, -0.2) is 0 Å². The topological polar surface area (TPSA) is 112 Å². The van der Waals surface area contributed by atoms with E-state index in [1.54, 1.807) is 41.8 Å². The van der Waals surface area contributed by atoms with Crippen molar-refractivity contribution in [2.45, 2.75) is 61.9 Å². The molecule has 5 N–H and O–H groups in total. The van der Waals surface area contributed by atoms with Gasteiger partial charge >= 0.3 is 224 Å². The number of benzene rings is 1. The second kappa shape index (κ2) is 12.8. The molecule has 0 unspecified atom stereocenters. The number of rotatable bonds is 9. The number of fused-ring (bicyclic) bond motifs is 3. The van der Waals surface area contributed by atoms with Gasteiger partial charge in [0.15, 0.2) is 0 Å². The summed E-state index contributed by atoms with van der Waals surface area (Å²) in [4.78, 5) is 12.3. The normalized spacial score (nSPS) is 20.5. The van der Waals surface area contributed by atoms with Gasteiger partial charge in [0.2, 0.25) is 0 Å². The average Bonchev–Trinajstić information content (AvgIpc) is 3.51. The van der Waals surface area contributed by atoms with Gasteiger partial charge in [0, 0.05) is 6.54 Å². The fourth-order valence-electron chi connectivity index (χ4n) is 5.38. The number of amides is 1. The Balaban J connectivity index is 1.34. The summed E-state index contributed by atoms with van der Waals surface area (Å²) in [6, 6.07) is 11.1. The third-order valence-electron chi connectivity index (χ3n) is 7.35. The third-order valence-corrected chi connectivity index (χ3v) is 9.11. The summed E-state index contributed by atoms with van der Waals surface area (Å²) >= 11 is -1.83. The molecule has 2 aromatic heterocycles. The predicted molar refractivity (Wildman–Crippen MR) is 156 cm³/mol. The summed E-state index contributed by atoms with van der Waals surface area (Å²) in [6.07, 6.45) is 3.62. The molecule has 2 aliphatic rings. The van der Waals surface area contributed by atoms with Gasteiger partial charge in [-0.1, -0.05) is 0 Å². The van der Waals surface area contributed by atoms with Crippen LogP contribution in [-0.4, -0.2) is 85.1 Å². The number of pyridine rings is 1. The summed E-state index contributed by atoms with van der Waals surface area (Å²) in [6.45, 7) is 1.80. The second-order valence-electron chi connectivity index (χ2n) is 10.4. The Labute approximate surface area is 248 Å². The Bertz CT molecular complexity index is 1500. The summed E-state index contributed by atoms with van der Waals surface area (Å²) in [5.41, 5.74) is 1.42. The van der Waals surface area contributed by atoms with Crippen LogP contribution < -0.4 is 30.5 Å². The third kappa shape index (κ3) is 7.13. The number of hydrogen-bond donors (Lipinski definition) is 5. The van der Waals surface area contributed by atoms with Crippen molar-refractivity contribution in [3.63, 3.8) is 0 Å². The molecule has 4 heterocycles. The van der Waals surface area contributed by atoms with E-state index >= 15 is 0 Å². The van der Waals surface area contributed by atoms with E-state index < -0.39 is 26.1 Å². The fourth-order valence-corrected chi connectivity index (χ4v) is 6.81. The SMILES string of the molecule is COc1cc(C(=O)NC[C@H](C)O)ccc1NCC#Cc1nn2c(N[C@@H]3CC[C@@H]4CC[C@H]3N4)cccc2c1[Se]C(F)(F)F. The van der Waals surface area contributed by atoms with Crippen molar-refractivity contribution in [2.75, 3.05) is 30.8 Å². The van der Waals surface area contributed by atoms with E-state index in [4.69, 9.17) is 4.74 Å². The van der Waals surface area contributed by atoms with Gasteiger partial charge in [-0.05, 0) is 6.92 Å². The molecule has 224 valence electrons. The average molecular weight is 650 g/mol. The maximum atomic E-state index is 13.6. The molecule has 9 nitrogen and oxygen atoms in total. The molecule has 13 heteroatoms. The molecule has 0 saturated carbocycles. The maximum absolute atomic E-state index is 13.6. The number of aliphatic hydroxyl groups is 1. The standard InChI is InChI=1S/C29H33F3N6O3Se/c1-17(39)16-34-28(40)18-8-11-22(25(15-18)41-2)33-14-4-5-23-27(42-29(30,31)32)24-6-3-7-26(38(24)37-23)36-21-13-10-19-9-12-20(21)35-19/h3,6-8,11,15,17,19-21,33,35-36,39H,9-10,12-14,16H2,1-2H3,(H,34,40)/t17-,19-,20+,21+/m0/s1. The molecule has 4 atom stereocenters. The molecule has 2 bridgehead atoms. The van der Waals surface area contributed by atoms with Gasteiger partial charge in [-0.15, -0.1) is 0 Å². The molecule has 5 rings (SSSR count). The van der Waals surface area contributed by atoms with E-state index in [1.165, 1.54) is 7.11 Å². The molecule has 1 amide bonds. The van der Waals surface area contributed by atoms with Crippen molar-refractivity contribution in [2.24, 2.45) is 0 Å². The first-order chi connectivity index (χ1) is 20.1. The number of piperidine rings is 1. The Morgan fingerprint density at radius 3 is 2.83 bits per heavy atom. The number of carbonyl (C=O) groups is 1. The molecule has 0 spiro atoms. The van der Waals surface area contributed by atoms with Gasteiger partial charge in [0.1, 0.15) is 0 Å². The number of ether oxygens (including phenoxy) is 1. The van der Waals surface area contributed by atoms with Crippen LogP contribution >= 0.6 is 0 Å². The minimum absolute atomic E-state index is 0.0963. The fraction of sp³-hybridized carbons (Fsp3) is 0.448. The number of anilines is 2. The molecule has 1 aromatic carbocycles. The van der Waals surface area contributed by atoms with Crippen LogP contribution in [0.25, 0.3) is 5.52 Å². The number of carbonyl (C=O) groups excluding carboxylic acids is 1. The van der Waals surface area contributed by atoms with Crippen LogP contribution in [0.15, 0.2) is 36.4 Å². The van der Waals surface area contributed by atoms with Crippen LogP contribution in [0.3, 0.4) is 0 Å². The van der Waals surface area contributed by atoms with Crippen LogP contribution in [0.2, 0.25) is 0 Å². The van der Waals surface area contributed by atoms with Crippen LogP contribution in [0.1, 0.15) is 48.7 Å². The van der Waals surface area contributed by atoms with Crippen LogP contribution in [0.4, 0.5) is 24.7 Å². The molecule has 42 heavy (non-hydrogen) atoms. The molecule has 3 aromatic rings. The first-order valence-electron chi connectivity index (χ1n) is 13.8.